The van der Waals surface area contributed by atoms with Crippen LogP contribution in [0.5, 0.6) is 17.4 Å². The molecule has 0 fully saturated rings. The molecular weight excluding hydrogens is 466 g/mol. The molecule has 0 spiro atoms. The summed E-state index contributed by atoms with van der Waals surface area (Å²) >= 11 is 0. The first-order chi connectivity index (χ1) is 18.0. The van der Waals surface area contributed by atoms with Crippen LogP contribution in [0.3, 0.4) is 0 Å². The van der Waals surface area contributed by atoms with Crippen molar-refractivity contribution in [1.29, 1.82) is 0 Å². The Labute approximate surface area is 220 Å². The first kappa shape index (κ1) is 27.9. The van der Waals surface area contributed by atoms with E-state index in [4.69, 9.17) is 9.47 Å². The average molecular weight is 506 g/mol. The number of benzene rings is 2. The summed E-state index contributed by atoms with van der Waals surface area (Å²) in [6.45, 7) is 14.6. The fourth-order valence-electron chi connectivity index (χ4n) is 3.99. The number of carbonyl (C=O) groups is 1. The molecule has 0 aliphatic rings. The number of carbonyl (C=O) groups excluding carboxylic acids is 1. The third-order valence-corrected chi connectivity index (χ3v) is 6.15. The third kappa shape index (κ3) is 7.92. The average Bonchev–Trinajstić information content (AvgIpc) is 2.90. The molecule has 0 atom stereocenters. The molecule has 0 unspecified atom stereocenters. The van der Waals surface area contributed by atoms with E-state index < -0.39 is 0 Å². The number of nitrogens with one attached hydrogen (secondary N) is 2. The van der Waals surface area contributed by atoms with Gasteiger partial charge in [0, 0.05) is 18.4 Å². The van der Waals surface area contributed by atoms with E-state index in [-0.39, 0.29) is 17.4 Å². The van der Waals surface area contributed by atoms with Crippen LogP contribution >= 0.6 is 0 Å². The predicted molar refractivity (Wildman–Crippen MR) is 149 cm³/mol. The van der Waals surface area contributed by atoms with Gasteiger partial charge in [0.05, 0.1) is 6.61 Å². The molecular formula is C29H39N5O3. The van der Waals surface area contributed by atoms with Crippen LogP contribution < -0.4 is 20.1 Å². The number of aryl methyl sites for hydroxylation is 2. The van der Waals surface area contributed by atoms with E-state index in [1.807, 2.05) is 57.2 Å². The number of ether oxygens (including phenoxy) is 2. The molecule has 1 heterocycles. The monoisotopic (exact) mass is 505 g/mol. The zero-order valence-electron chi connectivity index (χ0n) is 22.6. The summed E-state index contributed by atoms with van der Waals surface area (Å²) < 4.78 is 11.9. The largest absolute Gasteiger partial charge is 0.490 e. The molecule has 37 heavy (non-hydrogen) atoms. The summed E-state index contributed by atoms with van der Waals surface area (Å²) in [7, 11) is 0. The van der Waals surface area contributed by atoms with Gasteiger partial charge in [-0.1, -0.05) is 44.2 Å². The van der Waals surface area contributed by atoms with Gasteiger partial charge in [0.15, 0.2) is 11.5 Å². The number of unbranched alkanes of at least 4 members (excludes halogenated alkanes) is 1. The number of rotatable bonds is 14. The van der Waals surface area contributed by atoms with E-state index in [2.05, 4.69) is 39.3 Å². The van der Waals surface area contributed by atoms with E-state index in [9.17, 15) is 4.79 Å². The second-order valence-corrected chi connectivity index (χ2v) is 8.78. The molecule has 0 saturated carbocycles. The molecule has 8 nitrogen and oxygen atoms in total. The van der Waals surface area contributed by atoms with Crippen LogP contribution in [0.4, 0.5) is 11.6 Å². The smallest absolute Gasteiger partial charge is 0.262 e. The van der Waals surface area contributed by atoms with Crippen molar-refractivity contribution < 1.29 is 14.3 Å². The fraction of sp³-hybridized carbons (Fsp3) is 0.414. The highest BCUT2D eigenvalue weighted by atomic mass is 16.5. The Morgan fingerprint density at radius 3 is 2.32 bits per heavy atom. The van der Waals surface area contributed by atoms with E-state index in [1.54, 1.807) is 6.07 Å². The van der Waals surface area contributed by atoms with Gasteiger partial charge in [-0.25, -0.2) is 4.98 Å². The Bertz CT molecular complexity index is 1140. The van der Waals surface area contributed by atoms with E-state index in [1.165, 1.54) is 6.20 Å². The van der Waals surface area contributed by atoms with Crippen molar-refractivity contribution in [2.45, 2.75) is 47.5 Å². The van der Waals surface area contributed by atoms with E-state index >= 15 is 0 Å². The number of nitrogens with zero attached hydrogens (tertiary/aromatic N) is 3. The third-order valence-electron chi connectivity index (χ3n) is 6.15. The van der Waals surface area contributed by atoms with Crippen LogP contribution in [0.25, 0.3) is 0 Å². The van der Waals surface area contributed by atoms with Crippen molar-refractivity contribution in [2.24, 2.45) is 0 Å². The summed E-state index contributed by atoms with van der Waals surface area (Å²) in [6.07, 6.45) is 3.57. The quantitative estimate of drug-likeness (QED) is 0.257. The SMILES string of the molecule is CCOc1ccccc1Oc1nc(NCCCCN(CC)CC)ncc1C(=O)Nc1c(C)cccc1C. The minimum atomic E-state index is -0.341. The lowest BCUT2D eigenvalue weighted by molar-refractivity contribution is 0.102. The number of hydrogen-bond donors (Lipinski definition) is 2. The Kier molecular flexibility index (Phi) is 10.7. The Balaban J connectivity index is 1.81. The van der Waals surface area contributed by atoms with Gasteiger partial charge in [0.2, 0.25) is 11.8 Å². The molecule has 2 N–H and O–H groups in total. The Hall–Kier alpha value is -3.65. The lowest BCUT2D eigenvalue weighted by Gasteiger charge is -2.17. The number of para-hydroxylation sites is 3. The first-order valence-corrected chi connectivity index (χ1v) is 13.1. The molecule has 1 amide bonds. The van der Waals surface area contributed by atoms with E-state index in [0.29, 0.717) is 24.1 Å². The maximum Gasteiger partial charge on any atom is 0.262 e. The number of hydrogen-bond acceptors (Lipinski definition) is 7. The molecule has 0 bridgehead atoms. The summed E-state index contributed by atoms with van der Waals surface area (Å²) in [6, 6.07) is 13.2. The van der Waals surface area contributed by atoms with Crippen LogP contribution in [0.2, 0.25) is 0 Å². The van der Waals surface area contributed by atoms with Gasteiger partial charge >= 0.3 is 0 Å². The topological polar surface area (TPSA) is 88.6 Å². The van der Waals surface area contributed by atoms with Crippen molar-refractivity contribution in [2.75, 3.05) is 43.4 Å². The zero-order valence-corrected chi connectivity index (χ0v) is 22.6. The standard InChI is InChI=1S/C29H39N5O3/c1-6-34(7-2)19-12-11-18-30-29-31-20-23(27(35)32-26-21(4)14-13-15-22(26)5)28(33-29)37-25-17-10-9-16-24(25)36-8-3/h9-10,13-17,20H,6-8,11-12,18-19H2,1-5H3,(H,32,35)(H,30,31,33). The molecule has 0 aliphatic carbocycles. The summed E-state index contributed by atoms with van der Waals surface area (Å²) in [5.41, 5.74) is 2.95. The van der Waals surface area contributed by atoms with Gasteiger partial charge < -0.3 is 25.0 Å². The molecule has 0 radical (unpaired) electrons. The van der Waals surface area contributed by atoms with Crippen molar-refractivity contribution in [3.63, 3.8) is 0 Å². The fourth-order valence-corrected chi connectivity index (χ4v) is 3.99. The normalized spacial score (nSPS) is 10.9. The summed E-state index contributed by atoms with van der Waals surface area (Å²) in [5.74, 6) is 1.30. The molecule has 1 aromatic heterocycles. The second-order valence-electron chi connectivity index (χ2n) is 8.78. The van der Waals surface area contributed by atoms with Gasteiger partial charge in [-0.3, -0.25) is 4.79 Å². The number of anilines is 2. The molecule has 3 rings (SSSR count). The van der Waals surface area contributed by atoms with Crippen LogP contribution in [0, 0.1) is 13.8 Å². The van der Waals surface area contributed by atoms with E-state index in [0.717, 1.165) is 55.8 Å². The zero-order chi connectivity index (χ0) is 26.6. The molecule has 3 aromatic rings. The van der Waals surface area contributed by atoms with Crippen LogP contribution in [0.15, 0.2) is 48.7 Å². The minimum Gasteiger partial charge on any atom is -0.490 e. The Morgan fingerprint density at radius 1 is 0.946 bits per heavy atom. The van der Waals surface area contributed by atoms with Crippen molar-refractivity contribution in [3.8, 4) is 17.4 Å². The Morgan fingerprint density at radius 2 is 1.65 bits per heavy atom. The van der Waals surface area contributed by atoms with Crippen molar-refractivity contribution >= 4 is 17.5 Å². The highest BCUT2D eigenvalue weighted by Gasteiger charge is 2.20. The van der Waals surface area contributed by atoms with Gasteiger partial charge in [0.1, 0.15) is 5.56 Å². The summed E-state index contributed by atoms with van der Waals surface area (Å²) in [4.78, 5) is 24.7. The second kappa shape index (κ2) is 14.2. The highest BCUT2D eigenvalue weighted by molar-refractivity contribution is 6.06. The predicted octanol–water partition coefficient (Wildman–Crippen LogP) is 6.07. The molecule has 198 valence electrons. The minimum absolute atomic E-state index is 0.163. The maximum absolute atomic E-state index is 13.3. The maximum atomic E-state index is 13.3. The van der Waals surface area contributed by atoms with Gasteiger partial charge in [-0.15, -0.1) is 0 Å². The number of aromatic nitrogens is 2. The van der Waals surface area contributed by atoms with Gasteiger partial charge in [0.25, 0.3) is 5.91 Å². The van der Waals surface area contributed by atoms with Gasteiger partial charge in [-0.2, -0.15) is 4.98 Å². The number of amides is 1. The lowest BCUT2D eigenvalue weighted by Crippen LogP contribution is -2.24. The van der Waals surface area contributed by atoms with Crippen molar-refractivity contribution in [1.82, 2.24) is 14.9 Å². The van der Waals surface area contributed by atoms with Gasteiger partial charge in [-0.05, 0) is 76.5 Å². The molecule has 2 aromatic carbocycles. The molecule has 0 saturated heterocycles. The van der Waals surface area contributed by atoms with Crippen LogP contribution in [-0.4, -0.2) is 53.6 Å². The van der Waals surface area contributed by atoms with Crippen LogP contribution in [-0.2, 0) is 0 Å². The van der Waals surface area contributed by atoms with Crippen LogP contribution in [0.1, 0.15) is 55.1 Å². The first-order valence-electron chi connectivity index (χ1n) is 13.1. The highest BCUT2D eigenvalue weighted by Crippen LogP contribution is 2.33. The molecule has 8 heteroatoms. The lowest BCUT2D eigenvalue weighted by atomic mass is 10.1. The van der Waals surface area contributed by atoms with Crippen molar-refractivity contribution in [3.05, 3.63) is 65.4 Å². The summed E-state index contributed by atoms with van der Waals surface area (Å²) in [5, 5.41) is 6.28. The molecule has 0 aliphatic heterocycles.